The Labute approximate surface area is 130 Å². The fraction of sp³-hybridized carbons (Fsp3) is 0.154. The Morgan fingerprint density at radius 3 is 2.45 bits per heavy atom. The van der Waals surface area contributed by atoms with E-state index in [1.165, 1.54) is 6.20 Å². The first kappa shape index (κ1) is 15.3. The first-order chi connectivity index (χ1) is 9.27. The smallest absolute Gasteiger partial charge is 0.421 e. The summed E-state index contributed by atoms with van der Waals surface area (Å²) in [6, 6.07) is 5.85. The average Bonchev–Trinajstić information content (AvgIpc) is 2.35. The molecule has 1 heterocycles. The van der Waals surface area contributed by atoms with Gasteiger partial charge in [-0.3, -0.25) is 0 Å². The molecule has 0 bridgehead atoms. The molecule has 0 aliphatic rings. The van der Waals surface area contributed by atoms with E-state index >= 15 is 0 Å². The van der Waals surface area contributed by atoms with Gasteiger partial charge in [0.1, 0.15) is 11.3 Å². The van der Waals surface area contributed by atoms with Crippen LogP contribution in [-0.2, 0) is 6.18 Å². The van der Waals surface area contributed by atoms with Crippen LogP contribution in [0.2, 0.25) is 0 Å². The van der Waals surface area contributed by atoms with E-state index in [0.717, 1.165) is 16.1 Å². The molecule has 0 spiro atoms. The molecule has 0 fully saturated rings. The highest BCUT2D eigenvalue weighted by atomic mass is 79.9. The molecule has 106 valence electrons. The molecule has 2 rings (SSSR count). The highest BCUT2D eigenvalue weighted by molar-refractivity contribution is 9.10. The fourth-order valence-electron chi connectivity index (χ4n) is 1.50. The Bertz CT molecular complexity index is 644. The highest BCUT2D eigenvalue weighted by Gasteiger charge is 2.35. The molecule has 20 heavy (non-hydrogen) atoms. The van der Waals surface area contributed by atoms with Crippen LogP contribution in [0.25, 0.3) is 0 Å². The predicted molar refractivity (Wildman–Crippen MR) is 75.9 cm³/mol. The van der Waals surface area contributed by atoms with E-state index in [0.29, 0.717) is 5.75 Å². The summed E-state index contributed by atoms with van der Waals surface area (Å²) in [5.41, 5.74) is -0.0689. The van der Waals surface area contributed by atoms with Crippen LogP contribution in [-0.4, -0.2) is 4.98 Å². The van der Waals surface area contributed by atoms with Crippen LogP contribution in [0.3, 0.4) is 0 Å². The van der Waals surface area contributed by atoms with Gasteiger partial charge in [-0.05, 0) is 52.7 Å². The second-order valence-corrected chi connectivity index (χ2v) is 5.79. The van der Waals surface area contributed by atoms with Gasteiger partial charge < -0.3 is 4.74 Å². The number of ether oxygens (including phenoxy) is 1. The summed E-state index contributed by atoms with van der Waals surface area (Å²) < 4.78 is 45.1. The summed E-state index contributed by atoms with van der Waals surface area (Å²) in [5.74, 6) is -0.173. The molecule has 0 amide bonds. The number of hydrogen-bond donors (Lipinski definition) is 0. The van der Waals surface area contributed by atoms with Gasteiger partial charge >= 0.3 is 6.18 Å². The van der Waals surface area contributed by atoms with E-state index in [1.54, 1.807) is 18.2 Å². The van der Waals surface area contributed by atoms with Gasteiger partial charge in [0.05, 0.1) is 0 Å². The van der Waals surface area contributed by atoms with Gasteiger partial charge in [-0.2, -0.15) is 13.2 Å². The lowest BCUT2D eigenvalue weighted by atomic mass is 10.2. The molecule has 1 aromatic heterocycles. The van der Waals surface area contributed by atoms with Crippen LogP contribution in [0.5, 0.6) is 11.6 Å². The number of aromatic nitrogens is 1. The van der Waals surface area contributed by atoms with Crippen LogP contribution in [0.4, 0.5) is 13.2 Å². The summed E-state index contributed by atoms with van der Waals surface area (Å²) in [5, 5.41) is 0. The van der Waals surface area contributed by atoms with Gasteiger partial charge in [-0.15, -0.1) is 0 Å². The van der Waals surface area contributed by atoms with E-state index in [2.05, 4.69) is 36.8 Å². The molecule has 0 N–H and O–H groups in total. The molecule has 7 heteroatoms. The van der Waals surface area contributed by atoms with Gasteiger partial charge in [0.25, 0.3) is 0 Å². The lowest BCUT2D eigenvalue weighted by Gasteiger charge is -2.13. The Kier molecular flexibility index (Phi) is 4.39. The molecule has 0 aliphatic heterocycles. The Morgan fingerprint density at radius 2 is 1.85 bits per heavy atom. The van der Waals surface area contributed by atoms with E-state index in [1.807, 2.05) is 6.92 Å². The summed E-state index contributed by atoms with van der Waals surface area (Å²) in [6.07, 6.45) is -3.27. The number of aryl methyl sites for hydroxylation is 1. The largest absolute Gasteiger partial charge is 0.438 e. The van der Waals surface area contributed by atoms with Crippen molar-refractivity contribution in [2.24, 2.45) is 0 Å². The number of nitrogens with zero attached hydrogens (tertiary/aromatic N) is 1. The topological polar surface area (TPSA) is 22.1 Å². The molecule has 0 saturated carbocycles. The molecule has 0 saturated heterocycles. The van der Waals surface area contributed by atoms with Crippen molar-refractivity contribution in [2.45, 2.75) is 13.1 Å². The second-order valence-electron chi connectivity index (χ2n) is 4.02. The number of hydrogen-bond acceptors (Lipinski definition) is 2. The Hall–Kier alpha value is -1.08. The van der Waals surface area contributed by atoms with E-state index in [4.69, 9.17) is 4.74 Å². The third kappa shape index (κ3) is 3.52. The van der Waals surface area contributed by atoms with E-state index in [9.17, 15) is 13.2 Å². The normalized spacial score (nSPS) is 11.5. The van der Waals surface area contributed by atoms with Gasteiger partial charge in [0.2, 0.25) is 5.88 Å². The maximum Gasteiger partial charge on any atom is 0.421 e. The lowest BCUT2D eigenvalue weighted by molar-refractivity contribution is -0.138. The maximum absolute atomic E-state index is 12.9. The predicted octanol–water partition coefficient (Wildman–Crippen LogP) is 5.73. The highest BCUT2D eigenvalue weighted by Crippen LogP contribution is 2.38. The number of pyridine rings is 1. The summed E-state index contributed by atoms with van der Waals surface area (Å²) in [7, 11) is 0. The SMILES string of the molecule is Cc1cc(Oc2ncc(Br)cc2C(F)(F)F)ccc1Br. The van der Waals surface area contributed by atoms with Crippen LogP contribution in [0.1, 0.15) is 11.1 Å². The average molecular weight is 411 g/mol. The minimum Gasteiger partial charge on any atom is -0.438 e. The van der Waals surface area contributed by atoms with E-state index in [-0.39, 0.29) is 4.47 Å². The summed E-state index contributed by atoms with van der Waals surface area (Å²) in [4.78, 5) is 3.69. The number of halogens is 5. The zero-order chi connectivity index (χ0) is 14.9. The lowest BCUT2D eigenvalue weighted by Crippen LogP contribution is -2.08. The molecule has 0 unspecified atom stereocenters. The third-order valence-corrected chi connectivity index (χ3v) is 3.79. The third-order valence-electron chi connectivity index (χ3n) is 2.47. The number of rotatable bonds is 2. The first-order valence-corrected chi connectivity index (χ1v) is 7.03. The van der Waals surface area contributed by atoms with Crippen LogP contribution < -0.4 is 4.74 Å². The number of alkyl halides is 3. The molecular formula is C13H8Br2F3NO. The van der Waals surface area contributed by atoms with Crippen molar-refractivity contribution in [3.63, 3.8) is 0 Å². The molecule has 2 aromatic rings. The van der Waals surface area contributed by atoms with Crippen LogP contribution in [0, 0.1) is 6.92 Å². The van der Waals surface area contributed by atoms with Crippen LogP contribution in [0.15, 0.2) is 39.4 Å². The minimum absolute atomic E-state index is 0.240. The fourth-order valence-corrected chi connectivity index (χ4v) is 2.08. The van der Waals surface area contributed by atoms with E-state index < -0.39 is 17.6 Å². The quantitative estimate of drug-likeness (QED) is 0.631. The zero-order valence-electron chi connectivity index (χ0n) is 10.1. The standard InChI is InChI=1S/C13H8Br2F3NO/c1-7-4-9(2-3-11(7)15)20-12-10(13(16,17)18)5-8(14)6-19-12/h2-6H,1H3. The van der Waals surface area contributed by atoms with Gasteiger partial charge in [-0.25, -0.2) is 4.98 Å². The van der Waals surface area contributed by atoms with Crippen molar-refractivity contribution >= 4 is 31.9 Å². The molecule has 0 radical (unpaired) electrons. The maximum atomic E-state index is 12.9. The summed E-state index contributed by atoms with van der Waals surface area (Å²) in [6.45, 7) is 1.82. The van der Waals surface area contributed by atoms with Crippen molar-refractivity contribution in [1.82, 2.24) is 4.98 Å². The van der Waals surface area contributed by atoms with Crippen molar-refractivity contribution in [3.8, 4) is 11.6 Å². The molecular weight excluding hydrogens is 403 g/mol. The monoisotopic (exact) mass is 409 g/mol. The van der Waals surface area contributed by atoms with Crippen molar-refractivity contribution in [1.29, 1.82) is 0 Å². The van der Waals surface area contributed by atoms with Gasteiger partial charge in [0.15, 0.2) is 0 Å². The second kappa shape index (κ2) is 5.73. The molecule has 0 aliphatic carbocycles. The molecule has 1 aromatic carbocycles. The van der Waals surface area contributed by atoms with Crippen LogP contribution >= 0.6 is 31.9 Å². The minimum atomic E-state index is -4.53. The number of benzene rings is 1. The zero-order valence-corrected chi connectivity index (χ0v) is 13.3. The Balaban J connectivity index is 2.40. The van der Waals surface area contributed by atoms with Crippen molar-refractivity contribution in [3.05, 3.63) is 50.5 Å². The molecule has 0 atom stereocenters. The van der Waals surface area contributed by atoms with Gasteiger partial charge in [-0.1, -0.05) is 15.9 Å². The Morgan fingerprint density at radius 1 is 1.15 bits per heavy atom. The van der Waals surface area contributed by atoms with Crippen molar-refractivity contribution < 1.29 is 17.9 Å². The summed E-state index contributed by atoms with van der Waals surface area (Å²) >= 11 is 6.28. The molecule has 2 nitrogen and oxygen atoms in total. The van der Waals surface area contributed by atoms with Gasteiger partial charge in [0, 0.05) is 15.1 Å². The van der Waals surface area contributed by atoms with Crippen molar-refractivity contribution in [2.75, 3.05) is 0 Å². The first-order valence-electron chi connectivity index (χ1n) is 5.44.